The zero-order valence-electron chi connectivity index (χ0n) is 15.8. The Labute approximate surface area is 173 Å². The van der Waals surface area contributed by atoms with E-state index in [1.807, 2.05) is 0 Å². The molecule has 0 fully saturated rings. The van der Waals surface area contributed by atoms with Crippen molar-refractivity contribution < 1.29 is 22.4 Å². The van der Waals surface area contributed by atoms with Crippen LogP contribution in [0, 0.1) is 5.82 Å². The Morgan fingerprint density at radius 3 is 2.10 bits per heavy atom. The van der Waals surface area contributed by atoms with Gasteiger partial charge in [0, 0.05) is 29.5 Å². The third-order valence-corrected chi connectivity index (χ3v) is 5.32. The van der Waals surface area contributed by atoms with Gasteiger partial charge in [-0.05, 0) is 60.7 Å². The number of carbonyl (C=O) groups excluding carboxylic acids is 2. The fourth-order valence-electron chi connectivity index (χ4n) is 2.62. The van der Waals surface area contributed by atoms with E-state index in [1.165, 1.54) is 43.3 Å². The third kappa shape index (κ3) is 5.42. The van der Waals surface area contributed by atoms with Gasteiger partial charge in [-0.15, -0.1) is 0 Å². The van der Waals surface area contributed by atoms with Gasteiger partial charge in [0.05, 0.1) is 4.90 Å². The van der Waals surface area contributed by atoms with Gasteiger partial charge < -0.3 is 10.6 Å². The van der Waals surface area contributed by atoms with Gasteiger partial charge in [0.2, 0.25) is 5.91 Å². The van der Waals surface area contributed by atoms with E-state index >= 15 is 0 Å². The lowest BCUT2D eigenvalue weighted by atomic mass is 10.2. The molecule has 7 nitrogen and oxygen atoms in total. The van der Waals surface area contributed by atoms with Crippen LogP contribution in [-0.2, 0) is 14.8 Å². The van der Waals surface area contributed by atoms with Gasteiger partial charge in [0.1, 0.15) is 5.82 Å². The van der Waals surface area contributed by atoms with Crippen molar-refractivity contribution in [3.63, 3.8) is 0 Å². The van der Waals surface area contributed by atoms with Crippen molar-refractivity contribution in [3.8, 4) is 0 Å². The van der Waals surface area contributed by atoms with Crippen molar-refractivity contribution in [3.05, 3.63) is 84.2 Å². The van der Waals surface area contributed by atoms with Crippen molar-refractivity contribution in [1.82, 2.24) is 0 Å². The number of carbonyl (C=O) groups is 2. The minimum atomic E-state index is -3.98. The SMILES string of the molecule is CC(=O)Nc1cccc(NC(=O)c2cccc(S(=O)(=O)Nc3ccc(F)cc3)c2)c1. The van der Waals surface area contributed by atoms with Crippen LogP contribution in [0.5, 0.6) is 0 Å². The normalized spacial score (nSPS) is 10.9. The van der Waals surface area contributed by atoms with Crippen LogP contribution in [0.1, 0.15) is 17.3 Å². The second kappa shape index (κ2) is 8.75. The quantitative estimate of drug-likeness (QED) is 0.556. The summed E-state index contributed by atoms with van der Waals surface area (Å²) in [7, 11) is -3.98. The molecule has 3 aromatic rings. The van der Waals surface area contributed by atoms with Crippen molar-refractivity contribution in [2.75, 3.05) is 15.4 Å². The van der Waals surface area contributed by atoms with Crippen molar-refractivity contribution >= 4 is 38.9 Å². The molecular weight excluding hydrogens is 409 g/mol. The zero-order valence-corrected chi connectivity index (χ0v) is 16.7. The standard InChI is InChI=1S/C21H18FN3O4S/c1-14(26)23-18-5-3-6-19(13-18)24-21(27)15-4-2-7-20(12-15)30(28,29)25-17-10-8-16(22)9-11-17/h2-13,25H,1H3,(H,23,26)(H,24,27). The number of amides is 2. The molecule has 0 aliphatic heterocycles. The summed E-state index contributed by atoms with van der Waals surface area (Å²) in [5.41, 5.74) is 1.27. The fourth-order valence-corrected chi connectivity index (χ4v) is 3.72. The first-order valence-corrected chi connectivity index (χ1v) is 10.3. The van der Waals surface area contributed by atoms with E-state index in [0.29, 0.717) is 11.4 Å². The summed E-state index contributed by atoms with van der Waals surface area (Å²) >= 11 is 0. The van der Waals surface area contributed by atoms with Crippen molar-refractivity contribution in [2.24, 2.45) is 0 Å². The van der Waals surface area contributed by atoms with Gasteiger partial charge in [-0.2, -0.15) is 0 Å². The Morgan fingerprint density at radius 1 is 0.800 bits per heavy atom. The Bertz CT molecular complexity index is 1190. The maximum Gasteiger partial charge on any atom is 0.261 e. The molecule has 0 aliphatic carbocycles. The molecule has 2 amide bonds. The lowest BCUT2D eigenvalue weighted by Gasteiger charge is -2.10. The van der Waals surface area contributed by atoms with Gasteiger partial charge in [0.25, 0.3) is 15.9 Å². The van der Waals surface area contributed by atoms with E-state index in [9.17, 15) is 22.4 Å². The van der Waals surface area contributed by atoms with E-state index in [-0.39, 0.29) is 22.1 Å². The predicted molar refractivity (Wildman–Crippen MR) is 112 cm³/mol. The Morgan fingerprint density at radius 2 is 1.43 bits per heavy atom. The van der Waals surface area contributed by atoms with Crippen LogP contribution in [0.3, 0.4) is 0 Å². The molecule has 0 unspecified atom stereocenters. The number of anilines is 3. The average Bonchev–Trinajstić information content (AvgIpc) is 2.69. The van der Waals surface area contributed by atoms with Crippen LogP contribution in [0.4, 0.5) is 21.5 Å². The highest BCUT2D eigenvalue weighted by Crippen LogP contribution is 2.20. The van der Waals surface area contributed by atoms with Crippen LogP contribution in [0.15, 0.2) is 77.7 Å². The number of nitrogens with one attached hydrogen (secondary N) is 3. The van der Waals surface area contributed by atoms with Gasteiger partial charge in [-0.1, -0.05) is 12.1 Å². The lowest BCUT2D eigenvalue weighted by molar-refractivity contribution is -0.114. The molecule has 0 aliphatic rings. The first-order chi connectivity index (χ1) is 14.2. The van der Waals surface area contributed by atoms with Crippen molar-refractivity contribution in [2.45, 2.75) is 11.8 Å². The molecule has 3 aromatic carbocycles. The highest BCUT2D eigenvalue weighted by Gasteiger charge is 2.17. The van der Waals surface area contributed by atoms with Crippen molar-refractivity contribution in [1.29, 1.82) is 0 Å². The van der Waals surface area contributed by atoms with E-state index in [1.54, 1.807) is 24.3 Å². The van der Waals surface area contributed by atoms with Gasteiger partial charge >= 0.3 is 0 Å². The fraction of sp³-hybridized carbons (Fsp3) is 0.0476. The summed E-state index contributed by atoms with van der Waals surface area (Å²) in [6, 6.07) is 16.9. The van der Waals surface area contributed by atoms with Gasteiger partial charge in [-0.3, -0.25) is 14.3 Å². The van der Waals surface area contributed by atoms with Crippen LogP contribution in [0.2, 0.25) is 0 Å². The summed E-state index contributed by atoms with van der Waals surface area (Å²) in [5, 5.41) is 5.27. The highest BCUT2D eigenvalue weighted by molar-refractivity contribution is 7.92. The Hall–Kier alpha value is -3.72. The summed E-state index contributed by atoms with van der Waals surface area (Å²) in [6.45, 7) is 1.37. The van der Waals surface area contributed by atoms with E-state index in [2.05, 4.69) is 15.4 Å². The maximum absolute atomic E-state index is 13.0. The van der Waals surface area contributed by atoms with Gasteiger partial charge in [-0.25, -0.2) is 12.8 Å². The molecule has 0 aromatic heterocycles. The maximum atomic E-state index is 13.0. The molecule has 0 heterocycles. The highest BCUT2D eigenvalue weighted by atomic mass is 32.2. The zero-order chi connectivity index (χ0) is 21.7. The first kappa shape index (κ1) is 21.0. The molecule has 9 heteroatoms. The molecule has 0 bridgehead atoms. The Kier molecular flexibility index (Phi) is 6.12. The smallest absolute Gasteiger partial charge is 0.261 e. The van der Waals surface area contributed by atoms with E-state index in [0.717, 1.165) is 12.1 Å². The number of hydrogen-bond donors (Lipinski definition) is 3. The average molecular weight is 427 g/mol. The molecule has 0 saturated carbocycles. The first-order valence-electron chi connectivity index (χ1n) is 8.80. The molecule has 0 radical (unpaired) electrons. The number of halogens is 1. The molecule has 154 valence electrons. The minimum absolute atomic E-state index is 0.119. The topological polar surface area (TPSA) is 104 Å². The lowest BCUT2D eigenvalue weighted by Crippen LogP contribution is -2.16. The molecule has 3 N–H and O–H groups in total. The number of hydrogen-bond acceptors (Lipinski definition) is 4. The predicted octanol–water partition coefficient (Wildman–Crippen LogP) is 3.84. The molecule has 0 spiro atoms. The molecule has 0 atom stereocenters. The monoisotopic (exact) mass is 427 g/mol. The second-order valence-electron chi connectivity index (χ2n) is 6.36. The summed E-state index contributed by atoms with van der Waals surface area (Å²) in [6.07, 6.45) is 0. The second-order valence-corrected chi connectivity index (χ2v) is 8.04. The summed E-state index contributed by atoms with van der Waals surface area (Å²) in [4.78, 5) is 23.6. The molecular formula is C21H18FN3O4S. The number of benzene rings is 3. The van der Waals surface area contributed by atoms with Crippen LogP contribution in [0.25, 0.3) is 0 Å². The largest absolute Gasteiger partial charge is 0.326 e. The minimum Gasteiger partial charge on any atom is -0.326 e. The summed E-state index contributed by atoms with van der Waals surface area (Å²) in [5.74, 6) is -1.25. The molecule has 3 rings (SSSR count). The Balaban J connectivity index is 1.78. The van der Waals surface area contributed by atoms with E-state index < -0.39 is 21.7 Å². The van der Waals surface area contributed by atoms with Crippen LogP contribution < -0.4 is 15.4 Å². The van der Waals surface area contributed by atoms with E-state index in [4.69, 9.17) is 0 Å². The number of sulfonamides is 1. The number of rotatable bonds is 6. The summed E-state index contributed by atoms with van der Waals surface area (Å²) < 4.78 is 40.5. The third-order valence-electron chi connectivity index (χ3n) is 3.94. The molecule has 0 saturated heterocycles. The van der Waals surface area contributed by atoms with Gasteiger partial charge in [0.15, 0.2) is 0 Å². The van der Waals surface area contributed by atoms with Crippen LogP contribution >= 0.6 is 0 Å². The van der Waals surface area contributed by atoms with Crippen LogP contribution in [-0.4, -0.2) is 20.2 Å². The molecule has 30 heavy (non-hydrogen) atoms.